The Labute approximate surface area is 154 Å². The van der Waals surface area contributed by atoms with E-state index >= 15 is 0 Å². The summed E-state index contributed by atoms with van der Waals surface area (Å²) in [7, 11) is 0. The van der Waals surface area contributed by atoms with Gasteiger partial charge in [0, 0.05) is 30.4 Å². The van der Waals surface area contributed by atoms with Crippen molar-refractivity contribution in [3.05, 3.63) is 64.2 Å². The van der Waals surface area contributed by atoms with Crippen LogP contribution in [0.25, 0.3) is 10.2 Å². The Kier molecular flexibility index (Phi) is 4.44. The van der Waals surface area contributed by atoms with Crippen LogP contribution in [0.3, 0.4) is 0 Å². The van der Waals surface area contributed by atoms with Crippen molar-refractivity contribution in [3.63, 3.8) is 0 Å². The van der Waals surface area contributed by atoms with E-state index < -0.39 is 11.6 Å². The van der Waals surface area contributed by atoms with Crippen molar-refractivity contribution in [3.8, 4) is 0 Å². The van der Waals surface area contributed by atoms with E-state index in [2.05, 4.69) is 22.4 Å². The Morgan fingerprint density at radius 3 is 2.81 bits per heavy atom. The standard InChI is InChI=1S/C20H18F2N2OS/c1-11-5-6-17-16(9-11)24-18(26-17)7-8-23-20(25)13-10-12(13)19-14(21)3-2-4-15(19)22/h2-6,9,12-13H,7-8,10H2,1H3,(H,23,25)/t12-,13-/m0/s1. The lowest BCUT2D eigenvalue weighted by atomic mass is 10.1. The maximum Gasteiger partial charge on any atom is 0.223 e. The van der Waals surface area contributed by atoms with Gasteiger partial charge >= 0.3 is 0 Å². The summed E-state index contributed by atoms with van der Waals surface area (Å²) >= 11 is 1.62. The van der Waals surface area contributed by atoms with Crippen LogP contribution in [-0.4, -0.2) is 17.4 Å². The van der Waals surface area contributed by atoms with Crippen molar-refractivity contribution >= 4 is 27.5 Å². The van der Waals surface area contributed by atoms with Crippen molar-refractivity contribution in [1.82, 2.24) is 10.3 Å². The summed E-state index contributed by atoms with van der Waals surface area (Å²) in [6.07, 6.45) is 1.14. The van der Waals surface area contributed by atoms with Crippen molar-refractivity contribution < 1.29 is 13.6 Å². The smallest absolute Gasteiger partial charge is 0.223 e. The number of halogens is 2. The lowest BCUT2D eigenvalue weighted by Crippen LogP contribution is -2.27. The van der Waals surface area contributed by atoms with Crippen LogP contribution >= 0.6 is 11.3 Å². The number of nitrogens with zero attached hydrogens (tertiary/aromatic N) is 1. The quantitative estimate of drug-likeness (QED) is 0.724. The molecule has 1 heterocycles. The Morgan fingerprint density at radius 2 is 2.04 bits per heavy atom. The van der Waals surface area contributed by atoms with Gasteiger partial charge < -0.3 is 5.32 Å². The number of rotatable bonds is 5. The van der Waals surface area contributed by atoms with Gasteiger partial charge in [0.1, 0.15) is 11.6 Å². The summed E-state index contributed by atoms with van der Waals surface area (Å²) in [5.41, 5.74) is 2.19. The van der Waals surface area contributed by atoms with Crippen LogP contribution < -0.4 is 5.32 Å². The van der Waals surface area contributed by atoms with Gasteiger partial charge in [0.15, 0.2) is 0 Å². The minimum absolute atomic E-state index is 0.0363. The number of carbonyl (C=O) groups is 1. The number of hydrogen-bond acceptors (Lipinski definition) is 3. The van der Waals surface area contributed by atoms with Gasteiger partial charge in [-0.05, 0) is 43.2 Å². The molecule has 0 bridgehead atoms. The molecule has 134 valence electrons. The first-order valence-electron chi connectivity index (χ1n) is 8.60. The number of carbonyl (C=O) groups excluding carboxylic acids is 1. The molecule has 1 saturated carbocycles. The molecule has 4 rings (SSSR count). The maximum atomic E-state index is 13.8. The highest BCUT2D eigenvalue weighted by molar-refractivity contribution is 7.18. The summed E-state index contributed by atoms with van der Waals surface area (Å²) < 4.78 is 28.7. The number of fused-ring (bicyclic) bond motifs is 1. The fourth-order valence-electron chi connectivity index (χ4n) is 3.28. The number of amides is 1. The van der Waals surface area contributed by atoms with E-state index in [4.69, 9.17) is 0 Å². The van der Waals surface area contributed by atoms with Gasteiger partial charge in [-0.15, -0.1) is 11.3 Å². The molecule has 3 nitrogen and oxygen atoms in total. The zero-order valence-corrected chi connectivity index (χ0v) is 15.1. The normalized spacial score (nSPS) is 18.9. The highest BCUT2D eigenvalue weighted by Crippen LogP contribution is 2.49. The van der Waals surface area contributed by atoms with Gasteiger partial charge in [-0.2, -0.15) is 0 Å². The second-order valence-electron chi connectivity index (χ2n) is 6.70. The van der Waals surface area contributed by atoms with Crippen LogP contribution in [0.5, 0.6) is 0 Å². The van der Waals surface area contributed by atoms with Gasteiger partial charge in [-0.3, -0.25) is 4.79 Å². The number of benzene rings is 2. The topological polar surface area (TPSA) is 42.0 Å². The molecule has 1 amide bonds. The molecule has 3 aromatic rings. The number of nitrogens with one attached hydrogen (secondary N) is 1. The predicted molar refractivity (Wildman–Crippen MR) is 98.3 cm³/mol. The lowest BCUT2D eigenvalue weighted by molar-refractivity contribution is -0.122. The molecule has 1 aliphatic carbocycles. The summed E-state index contributed by atoms with van der Waals surface area (Å²) in [6, 6.07) is 9.97. The first-order valence-corrected chi connectivity index (χ1v) is 9.42. The molecule has 1 aliphatic rings. The summed E-state index contributed by atoms with van der Waals surface area (Å²) in [4.78, 5) is 16.8. The molecule has 0 saturated heterocycles. The van der Waals surface area contributed by atoms with E-state index in [0.717, 1.165) is 15.2 Å². The van der Waals surface area contributed by atoms with E-state index in [1.807, 2.05) is 13.0 Å². The largest absolute Gasteiger partial charge is 0.355 e. The van der Waals surface area contributed by atoms with Crippen LogP contribution in [0, 0.1) is 24.5 Å². The fourth-order valence-corrected chi connectivity index (χ4v) is 4.23. The minimum Gasteiger partial charge on any atom is -0.355 e. The SMILES string of the molecule is Cc1ccc2sc(CCNC(=O)[C@H]3C[C@@H]3c3c(F)cccc3F)nc2c1. The van der Waals surface area contributed by atoms with Crippen LogP contribution in [0.2, 0.25) is 0 Å². The van der Waals surface area contributed by atoms with E-state index in [9.17, 15) is 13.6 Å². The molecule has 26 heavy (non-hydrogen) atoms. The molecule has 0 radical (unpaired) electrons. The van der Waals surface area contributed by atoms with Crippen LogP contribution in [0.15, 0.2) is 36.4 Å². The number of hydrogen-bond donors (Lipinski definition) is 1. The summed E-state index contributed by atoms with van der Waals surface area (Å²) in [6.45, 7) is 2.50. The Balaban J connectivity index is 1.33. The highest BCUT2D eigenvalue weighted by atomic mass is 32.1. The van der Waals surface area contributed by atoms with E-state index in [1.165, 1.54) is 23.8 Å². The number of aromatic nitrogens is 1. The predicted octanol–water partition coefficient (Wildman–Crippen LogP) is 4.35. The first kappa shape index (κ1) is 17.1. The third kappa shape index (κ3) is 3.33. The molecule has 6 heteroatoms. The van der Waals surface area contributed by atoms with Crippen LogP contribution in [0.4, 0.5) is 8.78 Å². The molecule has 0 spiro atoms. The summed E-state index contributed by atoms with van der Waals surface area (Å²) in [5.74, 6) is -2.00. The summed E-state index contributed by atoms with van der Waals surface area (Å²) in [5, 5.41) is 3.84. The molecule has 1 N–H and O–H groups in total. The zero-order chi connectivity index (χ0) is 18.3. The first-order chi connectivity index (χ1) is 12.5. The van der Waals surface area contributed by atoms with Crippen molar-refractivity contribution in [2.75, 3.05) is 6.54 Å². The molecule has 2 aromatic carbocycles. The van der Waals surface area contributed by atoms with Gasteiger partial charge in [0.05, 0.1) is 15.2 Å². The lowest BCUT2D eigenvalue weighted by Gasteiger charge is -2.05. The maximum absolute atomic E-state index is 13.8. The minimum atomic E-state index is -0.574. The fraction of sp³-hybridized carbons (Fsp3) is 0.300. The molecule has 0 aliphatic heterocycles. The van der Waals surface area contributed by atoms with Crippen LogP contribution in [0.1, 0.15) is 28.5 Å². The highest BCUT2D eigenvalue weighted by Gasteiger charge is 2.46. The molecule has 1 fully saturated rings. The number of aryl methyl sites for hydroxylation is 1. The monoisotopic (exact) mass is 372 g/mol. The van der Waals surface area contributed by atoms with Gasteiger partial charge in [0.25, 0.3) is 0 Å². The Hall–Kier alpha value is -2.34. The Morgan fingerprint density at radius 1 is 1.27 bits per heavy atom. The van der Waals surface area contributed by atoms with E-state index in [1.54, 1.807) is 11.3 Å². The third-order valence-electron chi connectivity index (χ3n) is 4.72. The van der Waals surface area contributed by atoms with E-state index in [-0.39, 0.29) is 23.3 Å². The van der Waals surface area contributed by atoms with Crippen molar-refractivity contribution in [2.24, 2.45) is 5.92 Å². The van der Waals surface area contributed by atoms with Gasteiger partial charge in [-0.25, -0.2) is 13.8 Å². The molecule has 0 unspecified atom stereocenters. The number of thiazole rings is 1. The Bertz CT molecular complexity index is 965. The van der Waals surface area contributed by atoms with Crippen LogP contribution in [-0.2, 0) is 11.2 Å². The third-order valence-corrected chi connectivity index (χ3v) is 5.82. The second kappa shape index (κ2) is 6.76. The second-order valence-corrected chi connectivity index (χ2v) is 7.82. The van der Waals surface area contributed by atoms with Crippen molar-refractivity contribution in [1.29, 1.82) is 0 Å². The zero-order valence-electron chi connectivity index (χ0n) is 14.3. The van der Waals surface area contributed by atoms with Gasteiger partial charge in [0.2, 0.25) is 5.91 Å². The molecular weight excluding hydrogens is 354 g/mol. The van der Waals surface area contributed by atoms with Crippen molar-refractivity contribution in [2.45, 2.75) is 25.7 Å². The average molecular weight is 372 g/mol. The van der Waals surface area contributed by atoms with E-state index in [0.29, 0.717) is 19.4 Å². The molecule has 1 aromatic heterocycles. The molecular formula is C20H18F2N2OS. The molecule has 2 atom stereocenters. The van der Waals surface area contributed by atoms with Gasteiger partial charge in [-0.1, -0.05) is 12.1 Å². The average Bonchev–Trinajstić information content (AvgIpc) is 3.27.